The fourth-order valence-electron chi connectivity index (χ4n) is 1.66. The van der Waals surface area contributed by atoms with Gasteiger partial charge in [0.25, 0.3) is 0 Å². The molecule has 0 fully saturated rings. The van der Waals surface area contributed by atoms with Crippen molar-refractivity contribution in [1.29, 1.82) is 0 Å². The van der Waals surface area contributed by atoms with Crippen LogP contribution >= 0.6 is 23.2 Å². The van der Waals surface area contributed by atoms with E-state index in [2.05, 4.69) is 10.6 Å². The third-order valence-electron chi connectivity index (χ3n) is 2.99. The highest BCUT2D eigenvalue weighted by molar-refractivity contribution is 6.42. The number of hydrogen-bond acceptors (Lipinski definition) is 2. The molecule has 0 aromatic heterocycles. The van der Waals surface area contributed by atoms with Crippen LogP contribution in [-0.4, -0.2) is 24.9 Å². The lowest BCUT2D eigenvalue weighted by Crippen LogP contribution is -2.44. The van der Waals surface area contributed by atoms with Gasteiger partial charge in [0.1, 0.15) is 0 Å². The predicted molar refractivity (Wildman–Crippen MR) is 81.2 cm³/mol. The second-order valence-corrected chi connectivity index (χ2v) is 5.70. The number of carbonyl (C=O) groups is 2. The molecule has 0 aliphatic rings. The number of nitrogens with one attached hydrogen (secondary N) is 2. The van der Waals surface area contributed by atoms with Crippen molar-refractivity contribution in [2.75, 3.05) is 13.1 Å². The van der Waals surface area contributed by atoms with Crippen LogP contribution in [0.3, 0.4) is 0 Å². The van der Waals surface area contributed by atoms with E-state index in [4.69, 9.17) is 23.2 Å². The highest BCUT2D eigenvalue weighted by Crippen LogP contribution is 2.30. The predicted octanol–water partition coefficient (Wildman–Crippen LogP) is 2.52. The molecular weight excluding hydrogens is 299 g/mol. The van der Waals surface area contributed by atoms with Gasteiger partial charge in [-0.2, -0.15) is 0 Å². The van der Waals surface area contributed by atoms with Crippen molar-refractivity contribution in [3.63, 3.8) is 0 Å². The summed E-state index contributed by atoms with van der Waals surface area (Å²) in [5, 5.41) is 6.07. The molecule has 1 rings (SSSR count). The van der Waals surface area contributed by atoms with Gasteiger partial charge in [-0.3, -0.25) is 9.59 Å². The molecule has 6 heteroatoms. The first-order valence-corrected chi connectivity index (χ1v) is 7.05. The molecule has 2 amide bonds. The van der Waals surface area contributed by atoms with Gasteiger partial charge < -0.3 is 10.6 Å². The van der Waals surface area contributed by atoms with Crippen molar-refractivity contribution in [3.8, 4) is 0 Å². The van der Waals surface area contributed by atoms with E-state index in [0.717, 1.165) is 5.56 Å². The van der Waals surface area contributed by atoms with Crippen molar-refractivity contribution in [1.82, 2.24) is 10.6 Å². The van der Waals surface area contributed by atoms with Gasteiger partial charge in [-0.25, -0.2) is 0 Å². The lowest BCUT2D eigenvalue weighted by molar-refractivity contribution is -0.129. The lowest BCUT2D eigenvalue weighted by atomic mass is 9.84. The number of carbonyl (C=O) groups excluding carboxylic acids is 2. The van der Waals surface area contributed by atoms with E-state index in [1.165, 1.54) is 0 Å². The van der Waals surface area contributed by atoms with Gasteiger partial charge in [0, 0.05) is 6.54 Å². The zero-order valence-corrected chi connectivity index (χ0v) is 13.2. The Hall–Kier alpha value is -1.26. The summed E-state index contributed by atoms with van der Waals surface area (Å²) in [6.45, 7) is 5.83. The van der Waals surface area contributed by atoms with Gasteiger partial charge in [-0.05, 0) is 38.5 Å². The number of benzene rings is 1. The van der Waals surface area contributed by atoms with E-state index in [0.29, 0.717) is 16.6 Å². The summed E-state index contributed by atoms with van der Waals surface area (Å²) in [5.41, 5.74) is -0.0684. The van der Waals surface area contributed by atoms with E-state index in [1.54, 1.807) is 32.0 Å². The molecule has 1 aromatic rings. The SMILES string of the molecule is CCNC(=O)CNC(=O)C(C)(C)c1ccc(Cl)c(Cl)c1. The summed E-state index contributed by atoms with van der Waals surface area (Å²) >= 11 is 11.8. The zero-order chi connectivity index (χ0) is 15.3. The highest BCUT2D eigenvalue weighted by Gasteiger charge is 2.30. The molecule has 0 saturated heterocycles. The molecule has 0 spiro atoms. The van der Waals surface area contributed by atoms with Gasteiger partial charge >= 0.3 is 0 Å². The molecule has 0 heterocycles. The van der Waals surface area contributed by atoms with Crippen LogP contribution in [0.15, 0.2) is 18.2 Å². The minimum atomic E-state index is -0.805. The summed E-state index contributed by atoms with van der Waals surface area (Å²) in [6.07, 6.45) is 0. The standard InChI is InChI=1S/C14H18Cl2N2O2/c1-4-17-12(19)8-18-13(20)14(2,3)9-5-6-10(15)11(16)7-9/h5-7H,4,8H2,1-3H3,(H,17,19)(H,18,20). The maximum absolute atomic E-state index is 12.2. The molecule has 0 bridgehead atoms. The van der Waals surface area contributed by atoms with Gasteiger partial charge in [0.2, 0.25) is 11.8 Å². The van der Waals surface area contributed by atoms with Crippen LogP contribution in [0.5, 0.6) is 0 Å². The summed E-state index contributed by atoms with van der Waals surface area (Å²) in [5.74, 6) is -0.465. The maximum Gasteiger partial charge on any atom is 0.239 e. The maximum atomic E-state index is 12.2. The van der Waals surface area contributed by atoms with Crippen molar-refractivity contribution < 1.29 is 9.59 Å². The second-order valence-electron chi connectivity index (χ2n) is 4.89. The monoisotopic (exact) mass is 316 g/mol. The van der Waals surface area contributed by atoms with Crippen LogP contribution in [0.4, 0.5) is 0 Å². The highest BCUT2D eigenvalue weighted by atomic mass is 35.5. The molecular formula is C14H18Cl2N2O2. The smallest absolute Gasteiger partial charge is 0.239 e. The first-order valence-electron chi connectivity index (χ1n) is 6.29. The van der Waals surface area contributed by atoms with Crippen LogP contribution in [-0.2, 0) is 15.0 Å². The number of hydrogen-bond donors (Lipinski definition) is 2. The third-order valence-corrected chi connectivity index (χ3v) is 3.73. The average molecular weight is 317 g/mol. The molecule has 0 aliphatic carbocycles. The first-order chi connectivity index (χ1) is 9.28. The molecule has 1 aromatic carbocycles. The minimum Gasteiger partial charge on any atom is -0.355 e. The summed E-state index contributed by atoms with van der Waals surface area (Å²) in [6, 6.07) is 5.06. The number of halogens is 2. The number of amides is 2. The summed E-state index contributed by atoms with van der Waals surface area (Å²) < 4.78 is 0. The molecule has 20 heavy (non-hydrogen) atoms. The fraction of sp³-hybridized carbons (Fsp3) is 0.429. The lowest BCUT2D eigenvalue weighted by Gasteiger charge is -2.24. The molecule has 0 unspecified atom stereocenters. The van der Waals surface area contributed by atoms with Crippen molar-refractivity contribution in [2.45, 2.75) is 26.2 Å². The van der Waals surface area contributed by atoms with Crippen LogP contribution in [0.1, 0.15) is 26.3 Å². The quantitative estimate of drug-likeness (QED) is 0.877. The van der Waals surface area contributed by atoms with E-state index in [-0.39, 0.29) is 18.4 Å². The Bertz CT molecular complexity index is 516. The van der Waals surface area contributed by atoms with Crippen LogP contribution < -0.4 is 10.6 Å². The van der Waals surface area contributed by atoms with Crippen LogP contribution in [0.2, 0.25) is 10.0 Å². The molecule has 110 valence electrons. The van der Waals surface area contributed by atoms with Gasteiger partial charge in [0.05, 0.1) is 22.0 Å². The topological polar surface area (TPSA) is 58.2 Å². The molecule has 0 aliphatic heterocycles. The second kappa shape index (κ2) is 6.95. The minimum absolute atomic E-state index is 0.0442. The Labute approximate surface area is 128 Å². The first kappa shape index (κ1) is 16.8. The van der Waals surface area contributed by atoms with Gasteiger partial charge in [-0.1, -0.05) is 29.3 Å². The van der Waals surface area contributed by atoms with E-state index >= 15 is 0 Å². The van der Waals surface area contributed by atoms with Crippen molar-refractivity contribution >= 4 is 35.0 Å². The average Bonchev–Trinajstić information content (AvgIpc) is 2.39. The van der Waals surface area contributed by atoms with Crippen LogP contribution in [0, 0.1) is 0 Å². The summed E-state index contributed by atoms with van der Waals surface area (Å²) in [4.78, 5) is 23.5. The molecule has 0 radical (unpaired) electrons. The molecule has 4 nitrogen and oxygen atoms in total. The Kier molecular flexibility index (Phi) is 5.84. The molecule has 2 N–H and O–H groups in total. The Balaban J connectivity index is 2.78. The van der Waals surface area contributed by atoms with Crippen molar-refractivity contribution in [2.24, 2.45) is 0 Å². The normalized spacial score (nSPS) is 11.1. The van der Waals surface area contributed by atoms with Crippen molar-refractivity contribution in [3.05, 3.63) is 33.8 Å². The largest absolute Gasteiger partial charge is 0.355 e. The van der Waals surface area contributed by atoms with E-state index in [9.17, 15) is 9.59 Å². The Morgan fingerprint density at radius 3 is 2.35 bits per heavy atom. The summed E-state index contributed by atoms with van der Waals surface area (Å²) in [7, 11) is 0. The van der Waals surface area contributed by atoms with Crippen LogP contribution in [0.25, 0.3) is 0 Å². The van der Waals surface area contributed by atoms with Gasteiger partial charge in [0.15, 0.2) is 0 Å². The van der Waals surface area contributed by atoms with Gasteiger partial charge in [-0.15, -0.1) is 0 Å². The van der Waals surface area contributed by atoms with E-state index in [1.807, 2.05) is 6.92 Å². The zero-order valence-electron chi connectivity index (χ0n) is 11.7. The molecule has 0 saturated carbocycles. The number of likely N-dealkylation sites (N-methyl/N-ethyl adjacent to an activating group) is 1. The third kappa shape index (κ3) is 4.12. The number of rotatable bonds is 5. The Morgan fingerprint density at radius 2 is 1.80 bits per heavy atom. The molecule has 0 atom stereocenters. The fourth-order valence-corrected chi connectivity index (χ4v) is 1.96. The Morgan fingerprint density at radius 1 is 1.15 bits per heavy atom. The van der Waals surface area contributed by atoms with E-state index < -0.39 is 5.41 Å².